The number of carboxylic acids is 1. The minimum Gasteiger partial charge on any atom is -0.480 e. The smallest absolute Gasteiger partial charge is 0.325 e. The molecule has 4 nitrogen and oxygen atoms in total. The standard InChI is InChI=1S/C11H11FO4S/c12-8-2-4-9(5-3-8)17(15,16)11(10(13)14)6-1-7-11/h2-5H,1,6-7H2,(H,13,14). The minimum absolute atomic E-state index is 0.113. The molecule has 6 heteroatoms. The summed E-state index contributed by atoms with van der Waals surface area (Å²) >= 11 is 0. The molecule has 0 saturated heterocycles. The summed E-state index contributed by atoms with van der Waals surface area (Å²) in [5.41, 5.74) is 0. The molecule has 0 spiro atoms. The van der Waals surface area contributed by atoms with Gasteiger partial charge in [-0.1, -0.05) is 0 Å². The minimum atomic E-state index is -3.95. The fourth-order valence-electron chi connectivity index (χ4n) is 1.93. The SMILES string of the molecule is O=C(O)C1(S(=O)(=O)c2ccc(F)cc2)CCC1. The number of carboxylic acid groups (broad SMARTS) is 1. The molecule has 17 heavy (non-hydrogen) atoms. The number of aliphatic carboxylic acids is 1. The van der Waals surface area contributed by atoms with Gasteiger partial charge in [-0.05, 0) is 43.5 Å². The molecule has 0 atom stereocenters. The van der Waals surface area contributed by atoms with Gasteiger partial charge in [0.15, 0.2) is 14.6 Å². The Morgan fingerprint density at radius 2 is 1.76 bits per heavy atom. The molecular formula is C11H11FO4S. The molecule has 0 unspecified atom stereocenters. The van der Waals surface area contributed by atoms with Crippen LogP contribution in [0.2, 0.25) is 0 Å². The van der Waals surface area contributed by atoms with E-state index in [-0.39, 0.29) is 17.7 Å². The number of rotatable bonds is 3. The maximum Gasteiger partial charge on any atom is 0.325 e. The van der Waals surface area contributed by atoms with E-state index in [1.54, 1.807) is 0 Å². The molecule has 0 aromatic heterocycles. The van der Waals surface area contributed by atoms with Crippen molar-refractivity contribution < 1.29 is 22.7 Å². The predicted octanol–water partition coefficient (Wildman–Crippen LogP) is 1.61. The van der Waals surface area contributed by atoms with Gasteiger partial charge in [-0.3, -0.25) is 4.79 Å². The van der Waals surface area contributed by atoms with Crippen molar-refractivity contribution in [1.82, 2.24) is 0 Å². The van der Waals surface area contributed by atoms with Crippen LogP contribution in [0.4, 0.5) is 4.39 Å². The first-order chi connectivity index (χ1) is 7.90. The molecule has 0 aliphatic heterocycles. The zero-order valence-corrected chi connectivity index (χ0v) is 9.71. The Morgan fingerprint density at radius 1 is 1.24 bits per heavy atom. The number of benzene rings is 1. The van der Waals surface area contributed by atoms with Gasteiger partial charge in [0.05, 0.1) is 4.90 Å². The fourth-order valence-corrected chi connectivity index (χ4v) is 3.94. The lowest BCUT2D eigenvalue weighted by Crippen LogP contribution is -2.51. The molecule has 1 aliphatic carbocycles. The average molecular weight is 258 g/mol. The molecule has 1 saturated carbocycles. The summed E-state index contributed by atoms with van der Waals surface area (Å²) in [6, 6.07) is 4.24. The topological polar surface area (TPSA) is 71.4 Å². The summed E-state index contributed by atoms with van der Waals surface area (Å²) in [4.78, 5) is 11.0. The third-order valence-corrected chi connectivity index (χ3v) is 5.69. The average Bonchev–Trinajstić information content (AvgIpc) is 2.14. The second-order valence-electron chi connectivity index (χ2n) is 4.11. The lowest BCUT2D eigenvalue weighted by Gasteiger charge is -2.36. The van der Waals surface area contributed by atoms with Crippen LogP contribution in [0.15, 0.2) is 29.2 Å². The van der Waals surface area contributed by atoms with E-state index in [1.165, 1.54) is 0 Å². The maximum absolute atomic E-state index is 12.7. The fraction of sp³-hybridized carbons (Fsp3) is 0.364. The van der Waals surface area contributed by atoms with Crippen LogP contribution in [0.3, 0.4) is 0 Å². The molecule has 92 valence electrons. The van der Waals surface area contributed by atoms with Crippen LogP contribution in [0.25, 0.3) is 0 Å². The van der Waals surface area contributed by atoms with E-state index >= 15 is 0 Å². The Labute approximate surface area is 98.0 Å². The zero-order valence-electron chi connectivity index (χ0n) is 8.89. The summed E-state index contributed by atoms with van der Waals surface area (Å²) in [5.74, 6) is -1.88. The second-order valence-corrected chi connectivity index (χ2v) is 6.37. The first-order valence-electron chi connectivity index (χ1n) is 5.14. The maximum atomic E-state index is 12.7. The molecular weight excluding hydrogens is 247 g/mol. The lowest BCUT2D eigenvalue weighted by atomic mass is 9.84. The highest BCUT2D eigenvalue weighted by molar-refractivity contribution is 7.93. The Balaban J connectivity index is 2.49. The Bertz CT molecular complexity index is 543. The van der Waals surface area contributed by atoms with Crippen LogP contribution in [-0.2, 0) is 14.6 Å². The van der Waals surface area contributed by atoms with Gasteiger partial charge in [0.1, 0.15) is 5.82 Å². The van der Waals surface area contributed by atoms with Crippen LogP contribution in [0.1, 0.15) is 19.3 Å². The van der Waals surface area contributed by atoms with Gasteiger partial charge in [-0.2, -0.15) is 0 Å². The van der Waals surface area contributed by atoms with Crippen molar-refractivity contribution in [3.63, 3.8) is 0 Å². The first kappa shape index (κ1) is 12.0. The summed E-state index contributed by atoms with van der Waals surface area (Å²) < 4.78 is 35.4. The summed E-state index contributed by atoms with van der Waals surface area (Å²) in [6.45, 7) is 0. The van der Waals surface area contributed by atoms with E-state index in [2.05, 4.69) is 0 Å². The van der Waals surface area contributed by atoms with E-state index in [0.717, 1.165) is 24.3 Å². The Morgan fingerprint density at radius 3 is 2.12 bits per heavy atom. The number of hydrogen-bond donors (Lipinski definition) is 1. The lowest BCUT2D eigenvalue weighted by molar-refractivity contribution is -0.142. The van der Waals surface area contributed by atoms with Gasteiger partial charge in [0.25, 0.3) is 0 Å². The quantitative estimate of drug-likeness (QED) is 0.836. The molecule has 1 aromatic carbocycles. The molecule has 0 amide bonds. The van der Waals surface area contributed by atoms with E-state index in [4.69, 9.17) is 5.11 Å². The molecule has 1 aliphatic rings. The van der Waals surface area contributed by atoms with Crippen LogP contribution in [-0.4, -0.2) is 24.2 Å². The van der Waals surface area contributed by atoms with Crippen LogP contribution in [0.5, 0.6) is 0 Å². The Kier molecular flexibility index (Phi) is 2.69. The van der Waals surface area contributed by atoms with Crippen molar-refractivity contribution in [1.29, 1.82) is 0 Å². The van der Waals surface area contributed by atoms with Gasteiger partial charge in [0.2, 0.25) is 0 Å². The molecule has 1 fully saturated rings. The molecule has 0 radical (unpaired) electrons. The van der Waals surface area contributed by atoms with Gasteiger partial charge in [-0.15, -0.1) is 0 Å². The number of carbonyl (C=O) groups is 1. The molecule has 0 heterocycles. The van der Waals surface area contributed by atoms with Gasteiger partial charge in [0, 0.05) is 0 Å². The van der Waals surface area contributed by atoms with Crippen LogP contribution in [0, 0.1) is 5.82 Å². The van der Waals surface area contributed by atoms with E-state index in [9.17, 15) is 17.6 Å². The number of sulfone groups is 1. The van der Waals surface area contributed by atoms with Crippen LogP contribution < -0.4 is 0 Å². The second kappa shape index (κ2) is 3.80. The van der Waals surface area contributed by atoms with E-state index in [1.807, 2.05) is 0 Å². The largest absolute Gasteiger partial charge is 0.480 e. The normalized spacial score (nSPS) is 18.4. The van der Waals surface area contributed by atoms with Crippen molar-refractivity contribution in [3.8, 4) is 0 Å². The zero-order chi connectivity index (χ0) is 12.7. The third-order valence-electron chi connectivity index (χ3n) is 3.19. The summed E-state index contributed by atoms with van der Waals surface area (Å²) in [6.07, 6.45) is 0.802. The predicted molar refractivity (Wildman–Crippen MR) is 57.8 cm³/mol. The van der Waals surface area contributed by atoms with Crippen molar-refractivity contribution in [3.05, 3.63) is 30.1 Å². The monoisotopic (exact) mass is 258 g/mol. The third kappa shape index (κ3) is 1.63. The van der Waals surface area contributed by atoms with Gasteiger partial charge in [-0.25, -0.2) is 12.8 Å². The van der Waals surface area contributed by atoms with Crippen molar-refractivity contribution in [2.24, 2.45) is 0 Å². The highest BCUT2D eigenvalue weighted by atomic mass is 32.2. The van der Waals surface area contributed by atoms with Gasteiger partial charge >= 0.3 is 5.97 Å². The van der Waals surface area contributed by atoms with E-state index in [0.29, 0.717) is 6.42 Å². The molecule has 2 rings (SSSR count). The number of halogens is 1. The van der Waals surface area contributed by atoms with Crippen molar-refractivity contribution in [2.75, 3.05) is 0 Å². The molecule has 1 N–H and O–H groups in total. The van der Waals surface area contributed by atoms with Gasteiger partial charge < -0.3 is 5.11 Å². The molecule has 0 bridgehead atoms. The van der Waals surface area contributed by atoms with Crippen molar-refractivity contribution >= 4 is 15.8 Å². The van der Waals surface area contributed by atoms with Crippen LogP contribution >= 0.6 is 0 Å². The van der Waals surface area contributed by atoms with Crippen molar-refractivity contribution in [2.45, 2.75) is 28.9 Å². The Hall–Kier alpha value is -1.43. The molecule has 1 aromatic rings. The summed E-state index contributed by atoms with van der Waals surface area (Å²) in [7, 11) is -3.95. The summed E-state index contributed by atoms with van der Waals surface area (Å²) in [5, 5.41) is 9.08. The first-order valence-corrected chi connectivity index (χ1v) is 6.62. The highest BCUT2D eigenvalue weighted by Gasteiger charge is 2.56. The highest BCUT2D eigenvalue weighted by Crippen LogP contribution is 2.42. The number of hydrogen-bond acceptors (Lipinski definition) is 3. The van der Waals surface area contributed by atoms with E-state index < -0.39 is 26.4 Å².